The summed E-state index contributed by atoms with van der Waals surface area (Å²) >= 11 is 0. The van der Waals surface area contributed by atoms with E-state index in [1.54, 1.807) is 37.4 Å². The fourth-order valence-electron chi connectivity index (χ4n) is 2.86. The molecular weight excluding hydrogens is 366 g/mol. The van der Waals surface area contributed by atoms with Crippen molar-refractivity contribution in [3.05, 3.63) is 79.1 Å². The Labute approximate surface area is 167 Å². The van der Waals surface area contributed by atoms with E-state index in [0.29, 0.717) is 17.2 Å². The summed E-state index contributed by atoms with van der Waals surface area (Å²) in [5.74, 6) is 1.43. The summed E-state index contributed by atoms with van der Waals surface area (Å²) in [6.07, 6.45) is 1.49. The number of anilines is 4. The van der Waals surface area contributed by atoms with Gasteiger partial charge in [-0.2, -0.15) is 0 Å². The molecule has 29 heavy (non-hydrogen) atoms. The highest BCUT2D eigenvalue weighted by Crippen LogP contribution is 2.25. The number of nitrogens with one attached hydrogen (secondary N) is 3. The van der Waals surface area contributed by atoms with E-state index in [0.717, 1.165) is 22.3 Å². The number of urea groups is 1. The summed E-state index contributed by atoms with van der Waals surface area (Å²) in [4.78, 5) is 20.9. The molecule has 0 atom stereocenters. The van der Waals surface area contributed by atoms with Crippen LogP contribution in [0.1, 0.15) is 0 Å². The Morgan fingerprint density at radius 1 is 0.828 bits per heavy atom. The molecule has 7 nitrogen and oxygen atoms in total. The molecule has 0 saturated carbocycles. The standard InChI is InChI=1S/C22H19N5O2/c1-29-18-10-7-16(8-11-18)26-22(28)27-17-9-12-19-20(13-17)23-14-24-21(19)25-15-5-3-2-4-6-15/h2-14H,1H3,(H,23,24,25)(H2,26,27,28). The highest BCUT2D eigenvalue weighted by molar-refractivity contribution is 6.01. The van der Waals surface area contributed by atoms with Gasteiger partial charge < -0.3 is 20.7 Å². The third-order valence-electron chi connectivity index (χ3n) is 4.28. The monoisotopic (exact) mass is 385 g/mol. The van der Waals surface area contributed by atoms with E-state index < -0.39 is 0 Å². The van der Waals surface area contributed by atoms with Gasteiger partial charge in [-0.25, -0.2) is 14.8 Å². The number of rotatable bonds is 5. The van der Waals surface area contributed by atoms with Crippen molar-refractivity contribution < 1.29 is 9.53 Å². The molecule has 3 aromatic carbocycles. The van der Waals surface area contributed by atoms with Gasteiger partial charge in [0.15, 0.2) is 0 Å². The first-order chi connectivity index (χ1) is 14.2. The van der Waals surface area contributed by atoms with Crippen LogP contribution in [0.5, 0.6) is 5.75 Å². The molecule has 0 aliphatic rings. The van der Waals surface area contributed by atoms with Gasteiger partial charge in [0.05, 0.1) is 12.6 Å². The van der Waals surface area contributed by atoms with Crippen LogP contribution in [0.2, 0.25) is 0 Å². The second kappa shape index (κ2) is 8.26. The predicted octanol–water partition coefficient (Wildman–Crippen LogP) is 5.03. The van der Waals surface area contributed by atoms with E-state index in [9.17, 15) is 4.79 Å². The second-order valence-electron chi connectivity index (χ2n) is 6.25. The molecular formula is C22H19N5O2. The summed E-state index contributed by atoms with van der Waals surface area (Å²) in [5, 5.41) is 9.75. The van der Waals surface area contributed by atoms with Crippen LogP contribution in [0.25, 0.3) is 10.9 Å². The zero-order valence-electron chi connectivity index (χ0n) is 15.7. The van der Waals surface area contributed by atoms with E-state index in [1.165, 1.54) is 6.33 Å². The van der Waals surface area contributed by atoms with Gasteiger partial charge in [0, 0.05) is 22.4 Å². The number of methoxy groups -OCH3 is 1. The maximum absolute atomic E-state index is 12.3. The zero-order chi connectivity index (χ0) is 20.1. The van der Waals surface area contributed by atoms with E-state index in [1.807, 2.05) is 42.5 Å². The van der Waals surface area contributed by atoms with E-state index in [2.05, 4.69) is 25.9 Å². The third-order valence-corrected chi connectivity index (χ3v) is 4.28. The van der Waals surface area contributed by atoms with E-state index in [4.69, 9.17) is 4.74 Å². The highest BCUT2D eigenvalue weighted by atomic mass is 16.5. The Morgan fingerprint density at radius 3 is 2.31 bits per heavy atom. The fraction of sp³-hybridized carbons (Fsp3) is 0.0455. The number of para-hydroxylation sites is 1. The number of carbonyl (C=O) groups is 1. The Morgan fingerprint density at radius 2 is 1.55 bits per heavy atom. The molecule has 1 heterocycles. The van der Waals surface area contributed by atoms with Gasteiger partial charge in [-0.1, -0.05) is 18.2 Å². The number of nitrogens with zero attached hydrogens (tertiary/aromatic N) is 2. The molecule has 3 N–H and O–H groups in total. The maximum atomic E-state index is 12.3. The lowest BCUT2D eigenvalue weighted by Crippen LogP contribution is -2.19. The van der Waals surface area contributed by atoms with Crippen LogP contribution in [0.15, 0.2) is 79.1 Å². The molecule has 0 saturated heterocycles. The largest absolute Gasteiger partial charge is 0.497 e. The molecule has 0 spiro atoms. The average Bonchev–Trinajstić information content (AvgIpc) is 2.75. The number of benzene rings is 3. The SMILES string of the molecule is COc1ccc(NC(=O)Nc2ccc3c(Nc4ccccc4)ncnc3c2)cc1. The van der Waals surface area contributed by atoms with Crippen molar-refractivity contribution in [3.63, 3.8) is 0 Å². The normalized spacial score (nSPS) is 10.4. The van der Waals surface area contributed by atoms with Crippen molar-refractivity contribution in [2.45, 2.75) is 0 Å². The van der Waals surface area contributed by atoms with Crippen molar-refractivity contribution in [2.75, 3.05) is 23.1 Å². The molecule has 0 aliphatic carbocycles. The van der Waals surface area contributed by atoms with Crippen molar-refractivity contribution in [3.8, 4) is 5.75 Å². The number of fused-ring (bicyclic) bond motifs is 1. The van der Waals surface area contributed by atoms with Gasteiger partial charge in [0.2, 0.25) is 0 Å². The minimum atomic E-state index is -0.341. The first-order valence-electron chi connectivity index (χ1n) is 9.00. The van der Waals surface area contributed by atoms with Crippen LogP contribution in [-0.4, -0.2) is 23.1 Å². The molecule has 1 aromatic heterocycles. The van der Waals surface area contributed by atoms with Crippen molar-refractivity contribution >= 4 is 39.8 Å². The molecule has 2 amide bonds. The van der Waals surface area contributed by atoms with Gasteiger partial charge in [0.25, 0.3) is 0 Å². The van der Waals surface area contributed by atoms with Crippen LogP contribution in [-0.2, 0) is 0 Å². The van der Waals surface area contributed by atoms with Crippen molar-refractivity contribution in [1.82, 2.24) is 9.97 Å². The van der Waals surface area contributed by atoms with Gasteiger partial charge >= 0.3 is 6.03 Å². The Hall–Kier alpha value is -4.13. The van der Waals surface area contributed by atoms with Crippen LogP contribution in [0.4, 0.5) is 27.7 Å². The Kier molecular flexibility index (Phi) is 5.20. The average molecular weight is 385 g/mol. The summed E-state index contributed by atoms with van der Waals surface area (Å²) < 4.78 is 5.11. The number of ether oxygens (including phenoxy) is 1. The zero-order valence-corrected chi connectivity index (χ0v) is 15.7. The summed E-state index contributed by atoms with van der Waals surface area (Å²) in [6.45, 7) is 0. The van der Waals surface area contributed by atoms with Crippen molar-refractivity contribution in [2.24, 2.45) is 0 Å². The number of amides is 2. The lowest BCUT2D eigenvalue weighted by molar-refractivity contribution is 0.262. The molecule has 0 fully saturated rings. The molecule has 0 unspecified atom stereocenters. The molecule has 4 rings (SSSR count). The Balaban J connectivity index is 1.49. The molecule has 0 aliphatic heterocycles. The van der Waals surface area contributed by atoms with Crippen LogP contribution in [0, 0.1) is 0 Å². The quantitative estimate of drug-likeness (QED) is 0.449. The van der Waals surface area contributed by atoms with E-state index >= 15 is 0 Å². The van der Waals surface area contributed by atoms with Crippen LogP contribution >= 0.6 is 0 Å². The number of hydrogen-bond donors (Lipinski definition) is 3. The maximum Gasteiger partial charge on any atom is 0.323 e. The smallest absolute Gasteiger partial charge is 0.323 e. The van der Waals surface area contributed by atoms with Gasteiger partial charge in [0.1, 0.15) is 17.9 Å². The minimum absolute atomic E-state index is 0.341. The molecule has 4 aromatic rings. The van der Waals surface area contributed by atoms with Crippen LogP contribution < -0.4 is 20.7 Å². The minimum Gasteiger partial charge on any atom is -0.497 e. The fourth-order valence-corrected chi connectivity index (χ4v) is 2.86. The molecule has 144 valence electrons. The lowest BCUT2D eigenvalue weighted by atomic mass is 10.2. The van der Waals surface area contributed by atoms with Gasteiger partial charge in [-0.05, 0) is 54.6 Å². The Bertz CT molecular complexity index is 1130. The van der Waals surface area contributed by atoms with E-state index in [-0.39, 0.29) is 6.03 Å². The number of hydrogen-bond acceptors (Lipinski definition) is 5. The topological polar surface area (TPSA) is 88.2 Å². The molecule has 0 bridgehead atoms. The summed E-state index contributed by atoms with van der Waals surface area (Å²) in [5.41, 5.74) is 2.96. The number of carbonyl (C=O) groups excluding carboxylic acids is 1. The van der Waals surface area contributed by atoms with Gasteiger partial charge in [-0.3, -0.25) is 0 Å². The highest BCUT2D eigenvalue weighted by Gasteiger charge is 2.08. The summed E-state index contributed by atoms with van der Waals surface area (Å²) in [7, 11) is 1.60. The number of aromatic nitrogens is 2. The van der Waals surface area contributed by atoms with Crippen molar-refractivity contribution in [1.29, 1.82) is 0 Å². The lowest BCUT2D eigenvalue weighted by Gasteiger charge is -2.11. The summed E-state index contributed by atoms with van der Waals surface area (Å²) in [6, 6.07) is 22.1. The first kappa shape index (κ1) is 18.2. The molecule has 7 heteroatoms. The van der Waals surface area contributed by atoms with Gasteiger partial charge in [-0.15, -0.1) is 0 Å². The first-order valence-corrected chi connectivity index (χ1v) is 9.00. The molecule has 0 radical (unpaired) electrons. The predicted molar refractivity (Wildman–Crippen MR) is 115 cm³/mol. The second-order valence-corrected chi connectivity index (χ2v) is 6.25. The third kappa shape index (κ3) is 4.41. The van der Waals surface area contributed by atoms with Crippen LogP contribution in [0.3, 0.4) is 0 Å².